The molecule has 1 aromatic heterocycles. The third-order valence-corrected chi connectivity index (χ3v) is 6.05. The van der Waals surface area contributed by atoms with Crippen LogP contribution in [0.5, 0.6) is 11.8 Å². The number of ether oxygens (including phenoxy) is 3. The molecule has 2 fully saturated rings. The van der Waals surface area contributed by atoms with E-state index in [1.54, 1.807) is 0 Å². The number of primary amides is 1. The number of benzene rings is 1. The van der Waals surface area contributed by atoms with E-state index in [1.807, 2.05) is 30.7 Å². The molecule has 2 aliphatic rings. The van der Waals surface area contributed by atoms with Crippen LogP contribution in [0.25, 0.3) is 11.0 Å². The molecule has 4 rings (SSSR count). The summed E-state index contributed by atoms with van der Waals surface area (Å²) >= 11 is 6.45. The maximum absolute atomic E-state index is 11.0. The van der Waals surface area contributed by atoms with Gasteiger partial charge in [-0.3, -0.25) is 9.36 Å². The minimum absolute atomic E-state index is 0.101. The molecule has 7 nitrogen and oxygen atoms in total. The van der Waals surface area contributed by atoms with Crippen molar-refractivity contribution in [1.29, 1.82) is 0 Å². The van der Waals surface area contributed by atoms with E-state index in [4.69, 9.17) is 31.5 Å². The van der Waals surface area contributed by atoms with Gasteiger partial charge >= 0.3 is 0 Å². The fourth-order valence-electron chi connectivity index (χ4n) is 3.92. The summed E-state index contributed by atoms with van der Waals surface area (Å²) in [7, 11) is 1.94. The van der Waals surface area contributed by atoms with Gasteiger partial charge in [0.1, 0.15) is 17.4 Å². The maximum Gasteiger partial charge on any atom is 0.297 e. The minimum atomic E-state index is -0.281. The summed E-state index contributed by atoms with van der Waals surface area (Å²) in [6.45, 7) is 2.55. The third-order valence-electron chi connectivity index (χ3n) is 5.76. The number of carbonyl (C=O) groups excluding carboxylic acids is 1. The summed E-state index contributed by atoms with van der Waals surface area (Å²) in [5.74, 6) is 0.653. The molecule has 2 aromatic rings. The SMILES string of the molecule is C[C@@H](COC1CCC(Oc2nc3c(Cl)cc(OC4CC4)cc3n2C)CC1)CC(N)=O. The van der Waals surface area contributed by atoms with E-state index >= 15 is 0 Å². The molecule has 0 bridgehead atoms. The van der Waals surface area contributed by atoms with Gasteiger partial charge in [0, 0.05) is 32.2 Å². The van der Waals surface area contributed by atoms with E-state index in [0.717, 1.165) is 55.3 Å². The van der Waals surface area contributed by atoms with Crippen molar-refractivity contribution in [2.75, 3.05) is 6.61 Å². The summed E-state index contributed by atoms with van der Waals surface area (Å²) in [6.07, 6.45) is 6.86. The van der Waals surface area contributed by atoms with Crippen molar-refractivity contribution in [1.82, 2.24) is 9.55 Å². The number of amides is 1. The molecule has 0 spiro atoms. The highest BCUT2D eigenvalue weighted by Gasteiger charge is 2.27. The molecule has 2 aliphatic carbocycles. The summed E-state index contributed by atoms with van der Waals surface area (Å²) in [4.78, 5) is 15.6. The lowest BCUT2D eigenvalue weighted by molar-refractivity contribution is -0.119. The lowest BCUT2D eigenvalue weighted by Gasteiger charge is -2.29. The van der Waals surface area contributed by atoms with Gasteiger partial charge in [-0.15, -0.1) is 0 Å². The lowest BCUT2D eigenvalue weighted by atomic mass is 9.95. The first-order valence-electron chi connectivity index (χ1n) is 10.8. The van der Waals surface area contributed by atoms with Gasteiger partial charge in [0.25, 0.3) is 6.01 Å². The second-order valence-electron chi connectivity index (χ2n) is 8.67. The number of hydrogen-bond donors (Lipinski definition) is 1. The van der Waals surface area contributed by atoms with Crippen molar-refractivity contribution in [2.45, 2.75) is 70.2 Å². The molecule has 164 valence electrons. The number of hydrogen-bond acceptors (Lipinski definition) is 5. The van der Waals surface area contributed by atoms with Crippen LogP contribution in [0.15, 0.2) is 12.1 Å². The van der Waals surface area contributed by atoms with E-state index in [0.29, 0.717) is 30.2 Å². The molecule has 1 aromatic carbocycles. The van der Waals surface area contributed by atoms with Crippen LogP contribution in [0.2, 0.25) is 5.02 Å². The molecule has 1 amide bonds. The van der Waals surface area contributed by atoms with Crippen LogP contribution in [0.3, 0.4) is 0 Å². The van der Waals surface area contributed by atoms with E-state index in [2.05, 4.69) is 4.98 Å². The predicted molar refractivity (Wildman–Crippen MR) is 115 cm³/mol. The summed E-state index contributed by atoms with van der Waals surface area (Å²) < 4.78 is 20.0. The second kappa shape index (κ2) is 9.02. The van der Waals surface area contributed by atoms with Gasteiger partial charge in [-0.25, -0.2) is 0 Å². The highest BCUT2D eigenvalue weighted by atomic mass is 35.5. The van der Waals surface area contributed by atoms with Gasteiger partial charge in [-0.2, -0.15) is 4.98 Å². The average Bonchev–Trinajstić information content (AvgIpc) is 3.45. The van der Waals surface area contributed by atoms with Gasteiger partial charge in [-0.05, 0) is 44.4 Å². The number of rotatable bonds is 9. The van der Waals surface area contributed by atoms with Gasteiger partial charge in [-0.1, -0.05) is 18.5 Å². The van der Waals surface area contributed by atoms with Gasteiger partial charge in [0.15, 0.2) is 0 Å². The molecule has 0 aliphatic heterocycles. The Hall–Kier alpha value is -1.99. The monoisotopic (exact) mass is 435 g/mol. The standard InChI is InChI=1S/C22H30ClN3O4/c1-13(9-20(24)27)12-28-14-3-5-16(6-4-14)30-22-25-21-18(23)10-17(29-15-7-8-15)11-19(21)26(22)2/h10-11,13-16H,3-9,12H2,1-2H3,(H2,24,27)/t13-,14?,16?/m1/s1. The Morgan fingerprint density at radius 2 is 1.80 bits per heavy atom. The smallest absolute Gasteiger partial charge is 0.297 e. The first kappa shape index (κ1) is 21.2. The third kappa shape index (κ3) is 5.19. The topological polar surface area (TPSA) is 88.6 Å². The number of aryl methyl sites for hydroxylation is 1. The van der Waals surface area contributed by atoms with Gasteiger partial charge in [0.2, 0.25) is 5.91 Å². The lowest BCUT2D eigenvalue weighted by Crippen LogP contribution is -2.30. The van der Waals surface area contributed by atoms with Crippen molar-refractivity contribution < 1.29 is 19.0 Å². The largest absolute Gasteiger partial charge is 0.490 e. The van der Waals surface area contributed by atoms with Crippen LogP contribution in [0.4, 0.5) is 0 Å². The Kier molecular flexibility index (Phi) is 6.39. The molecule has 8 heteroatoms. The molecule has 2 N–H and O–H groups in total. The fraction of sp³-hybridized carbons (Fsp3) is 0.636. The van der Waals surface area contributed by atoms with Crippen LogP contribution < -0.4 is 15.2 Å². The quantitative estimate of drug-likeness (QED) is 0.643. The molecule has 1 heterocycles. The Balaban J connectivity index is 1.33. The van der Waals surface area contributed by atoms with E-state index in [1.165, 1.54) is 0 Å². The summed E-state index contributed by atoms with van der Waals surface area (Å²) in [6, 6.07) is 4.40. The van der Waals surface area contributed by atoms with Crippen molar-refractivity contribution in [3.05, 3.63) is 17.2 Å². The normalized spacial score (nSPS) is 22.8. The van der Waals surface area contributed by atoms with Crippen molar-refractivity contribution in [2.24, 2.45) is 18.7 Å². The predicted octanol–water partition coefficient (Wildman–Crippen LogP) is 3.99. The minimum Gasteiger partial charge on any atom is -0.490 e. The Morgan fingerprint density at radius 1 is 1.17 bits per heavy atom. The zero-order chi connectivity index (χ0) is 21.3. The maximum atomic E-state index is 11.0. The number of fused-ring (bicyclic) bond motifs is 1. The fourth-order valence-corrected chi connectivity index (χ4v) is 4.17. The van der Waals surface area contributed by atoms with Crippen LogP contribution in [0.1, 0.15) is 51.9 Å². The highest BCUT2D eigenvalue weighted by molar-refractivity contribution is 6.35. The highest BCUT2D eigenvalue weighted by Crippen LogP contribution is 2.35. The Labute approximate surface area is 181 Å². The molecule has 0 saturated heterocycles. The molecular formula is C22H30ClN3O4. The molecule has 2 saturated carbocycles. The zero-order valence-electron chi connectivity index (χ0n) is 17.6. The van der Waals surface area contributed by atoms with Crippen LogP contribution >= 0.6 is 11.6 Å². The first-order valence-corrected chi connectivity index (χ1v) is 11.2. The van der Waals surface area contributed by atoms with Crippen molar-refractivity contribution >= 4 is 28.5 Å². The molecular weight excluding hydrogens is 406 g/mol. The molecule has 0 radical (unpaired) electrons. The Morgan fingerprint density at radius 3 is 2.47 bits per heavy atom. The van der Waals surface area contributed by atoms with Crippen molar-refractivity contribution in [3.63, 3.8) is 0 Å². The zero-order valence-corrected chi connectivity index (χ0v) is 18.4. The van der Waals surface area contributed by atoms with Gasteiger partial charge in [0.05, 0.1) is 22.7 Å². The first-order chi connectivity index (χ1) is 14.4. The summed E-state index contributed by atoms with van der Waals surface area (Å²) in [5, 5.41) is 0.579. The average molecular weight is 436 g/mol. The number of halogens is 1. The van der Waals surface area contributed by atoms with Crippen LogP contribution in [0, 0.1) is 5.92 Å². The number of carbonyl (C=O) groups is 1. The van der Waals surface area contributed by atoms with E-state index in [9.17, 15) is 4.79 Å². The van der Waals surface area contributed by atoms with Crippen molar-refractivity contribution in [3.8, 4) is 11.8 Å². The second-order valence-corrected chi connectivity index (χ2v) is 9.08. The van der Waals surface area contributed by atoms with Crippen LogP contribution in [-0.2, 0) is 16.6 Å². The van der Waals surface area contributed by atoms with Gasteiger partial charge < -0.3 is 19.9 Å². The summed E-state index contributed by atoms with van der Waals surface area (Å²) in [5.41, 5.74) is 6.89. The molecule has 1 atom stereocenters. The van der Waals surface area contributed by atoms with E-state index < -0.39 is 0 Å². The Bertz CT molecular complexity index is 903. The van der Waals surface area contributed by atoms with E-state index in [-0.39, 0.29) is 24.0 Å². The molecule has 30 heavy (non-hydrogen) atoms. The number of imidazole rings is 1. The number of nitrogens with two attached hydrogens (primary N) is 1. The van der Waals surface area contributed by atoms with Crippen LogP contribution in [-0.4, -0.2) is 40.4 Å². The molecule has 0 unspecified atom stereocenters. The number of aromatic nitrogens is 2. The number of nitrogens with zero attached hydrogens (tertiary/aromatic N) is 2.